The van der Waals surface area contributed by atoms with Crippen LogP contribution in [-0.4, -0.2) is 60.2 Å². The van der Waals surface area contributed by atoms with Gasteiger partial charge in [0.05, 0.1) is 32.2 Å². The number of aromatic nitrogens is 2. The smallest absolute Gasteiger partial charge is 0.254 e. The fraction of sp³-hybridized carbons (Fsp3) is 0.320. The van der Waals surface area contributed by atoms with Crippen LogP contribution in [0.25, 0.3) is 5.69 Å². The molecule has 7 heteroatoms. The van der Waals surface area contributed by atoms with Crippen LogP contribution in [0.15, 0.2) is 59.9 Å². The minimum atomic E-state index is 0.0371. The summed E-state index contributed by atoms with van der Waals surface area (Å²) in [6.07, 6.45) is 5.42. The fourth-order valence-corrected chi connectivity index (χ4v) is 3.38. The predicted octanol–water partition coefficient (Wildman–Crippen LogP) is 4.44. The van der Waals surface area contributed by atoms with E-state index in [9.17, 15) is 4.79 Å². The molecule has 1 fully saturated rings. The third-order valence-electron chi connectivity index (χ3n) is 5.03. The topological polar surface area (TPSA) is 69.0 Å². The van der Waals surface area contributed by atoms with Crippen molar-refractivity contribution in [2.45, 2.75) is 20.8 Å². The first-order valence-electron chi connectivity index (χ1n) is 10.9. The average Bonchev–Trinajstić information content (AvgIpc) is 3.33. The van der Waals surface area contributed by atoms with E-state index in [1.807, 2.05) is 74.3 Å². The van der Waals surface area contributed by atoms with Crippen molar-refractivity contribution in [1.82, 2.24) is 14.7 Å². The molecule has 0 atom stereocenters. The zero-order chi connectivity index (χ0) is 22.9. The number of rotatable bonds is 5. The van der Waals surface area contributed by atoms with Crippen molar-refractivity contribution in [3.8, 4) is 11.4 Å². The molecule has 32 heavy (non-hydrogen) atoms. The SMILES string of the molecule is CC.COc1ccccc1-n1cc(C=Nc2ccc(C(=O)N3CCOCC3)cc2C)cn1. The summed E-state index contributed by atoms with van der Waals surface area (Å²) in [5, 5.41) is 4.40. The maximum atomic E-state index is 12.6. The van der Waals surface area contributed by atoms with E-state index in [0.717, 1.165) is 28.3 Å². The van der Waals surface area contributed by atoms with Gasteiger partial charge < -0.3 is 14.4 Å². The standard InChI is InChI=1S/C23H24N4O3.C2H6/c1-17-13-19(23(28)26-9-11-30-12-10-26)7-8-20(17)24-14-18-15-25-27(16-18)21-5-3-4-6-22(21)29-2;1-2/h3-8,13-16H,9-12H2,1-2H3;1-2H3. The van der Waals surface area contributed by atoms with Crippen molar-refractivity contribution in [3.05, 3.63) is 71.5 Å². The van der Waals surface area contributed by atoms with Crippen LogP contribution in [0.2, 0.25) is 0 Å². The molecule has 1 aliphatic rings. The van der Waals surface area contributed by atoms with Crippen LogP contribution in [0.3, 0.4) is 0 Å². The van der Waals surface area contributed by atoms with Crippen LogP contribution in [0.1, 0.15) is 35.3 Å². The number of carbonyl (C=O) groups excluding carboxylic acids is 1. The number of benzene rings is 2. The number of aliphatic imine (C=N–C) groups is 1. The van der Waals surface area contributed by atoms with Crippen LogP contribution < -0.4 is 4.74 Å². The molecule has 2 heterocycles. The molecular formula is C25H30N4O3. The molecule has 1 amide bonds. The summed E-state index contributed by atoms with van der Waals surface area (Å²) in [5.41, 5.74) is 4.17. The van der Waals surface area contributed by atoms with Crippen molar-refractivity contribution in [2.75, 3.05) is 33.4 Å². The lowest BCUT2D eigenvalue weighted by molar-refractivity contribution is 0.0303. The van der Waals surface area contributed by atoms with Gasteiger partial charge in [-0.1, -0.05) is 26.0 Å². The molecule has 0 N–H and O–H groups in total. The molecule has 7 nitrogen and oxygen atoms in total. The molecule has 0 saturated carbocycles. The third-order valence-corrected chi connectivity index (χ3v) is 5.03. The highest BCUT2D eigenvalue weighted by Gasteiger charge is 2.18. The molecule has 0 unspecified atom stereocenters. The number of morpholine rings is 1. The number of hydrogen-bond acceptors (Lipinski definition) is 5. The highest BCUT2D eigenvalue weighted by atomic mass is 16.5. The first-order valence-corrected chi connectivity index (χ1v) is 10.9. The number of ether oxygens (including phenoxy) is 2. The number of amides is 1. The van der Waals surface area contributed by atoms with E-state index in [-0.39, 0.29) is 5.91 Å². The Kier molecular flexibility index (Phi) is 8.16. The summed E-state index contributed by atoms with van der Waals surface area (Å²) in [6, 6.07) is 13.3. The minimum Gasteiger partial charge on any atom is -0.494 e. The third kappa shape index (κ3) is 5.42. The van der Waals surface area contributed by atoms with E-state index in [4.69, 9.17) is 9.47 Å². The van der Waals surface area contributed by atoms with Gasteiger partial charge in [-0.25, -0.2) is 4.68 Å². The van der Waals surface area contributed by atoms with Gasteiger partial charge >= 0.3 is 0 Å². The first kappa shape index (κ1) is 23.2. The lowest BCUT2D eigenvalue weighted by Crippen LogP contribution is -2.40. The van der Waals surface area contributed by atoms with Gasteiger partial charge in [-0.2, -0.15) is 5.10 Å². The highest BCUT2D eigenvalue weighted by molar-refractivity contribution is 5.95. The lowest BCUT2D eigenvalue weighted by Gasteiger charge is -2.27. The number of nitrogens with zero attached hydrogens (tertiary/aromatic N) is 4. The second kappa shape index (κ2) is 11.2. The molecule has 0 radical (unpaired) electrons. The van der Waals surface area contributed by atoms with Gasteiger partial charge in [-0.3, -0.25) is 9.79 Å². The number of aryl methyl sites for hydroxylation is 1. The minimum absolute atomic E-state index is 0.0371. The Morgan fingerprint density at radius 1 is 1.16 bits per heavy atom. The second-order valence-electron chi connectivity index (χ2n) is 7.05. The molecule has 0 bridgehead atoms. The number of para-hydroxylation sites is 2. The molecule has 0 spiro atoms. The summed E-state index contributed by atoms with van der Waals surface area (Å²) >= 11 is 0. The summed E-state index contributed by atoms with van der Waals surface area (Å²) in [7, 11) is 1.64. The Labute approximate surface area is 189 Å². The monoisotopic (exact) mass is 434 g/mol. The number of hydrogen-bond donors (Lipinski definition) is 0. The van der Waals surface area contributed by atoms with Crippen molar-refractivity contribution in [2.24, 2.45) is 4.99 Å². The van der Waals surface area contributed by atoms with Crippen molar-refractivity contribution >= 4 is 17.8 Å². The Bertz CT molecular complexity index is 1070. The van der Waals surface area contributed by atoms with E-state index in [2.05, 4.69) is 10.1 Å². The first-order chi connectivity index (χ1) is 15.7. The van der Waals surface area contributed by atoms with Crippen molar-refractivity contribution in [3.63, 3.8) is 0 Å². The predicted molar refractivity (Wildman–Crippen MR) is 127 cm³/mol. The van der Waals surface area contributed by atoms with Gasteiger partial charge in [0.2, 0.25) is 0 Å². The summed E-state index contributed by atoms with van der Waals surface area (Å²) in [5.74, 6) is 0.787. The Balaban J connectivity index is 0.00000141. The van der Waals surface area contributed by atoms with Crippen molar-refractivity contribution in [1.29, 1.82) is 0 Å². The van der Waals surface area contributed by atoms with Crippen LogP contribution in [0.4, 0.5) is 5.69 Å². The Morgan fingerprint density at radius 2 is 1.91 bits per heavy atom. The number of methoxy groups -OCH3 is 1. The maximum Gasteiger partial charge on any atom is 0.254 e. The Morgan fingerprint density at radius 3 is 2.62 bits per heavy atom. The largest absolute Gasteiger partial charge is 0.494 e. The average molecular weight is 435 g/mol. The van der Waals surface area contributed by atoms with Crippen LogP contribution >= 0.6 is 0 Å². The van der Waals surface area contributed by atoms with Gasteiger partial charge in [-0.15, -0.1) is 0 Å². The Hall–Kier alpha value is -3.45. The zero-order valence-electron chi connectivity index (χ0n) is 19.1. The molecular weight excluding hydrogens is 404 g/mol. The van der Waals surface area contributed by atoms with Gasteiger partial charge in [0.25, 0.3) is 5.91 Å². The van der Waals surface area contributed by atoms with Crippen LogP contribution in [0.5, 0.6) is 5.75 Å². The van der Waals surface area contributed by atoms with E-state index in [1.54, 1.807) is 24.2 Å². The fourth-order valence-electron chi connectivity index (χ4n) is 3.38. The summed E-state index contributed by atoms with van der Waals surface area (Å²) in [6.45, 7) is 8.41. The van der Waals surface area contributed by atoms with E-state index < -0.39 is 0 Å². The van der Waals surface area contributed by atoms with E-state index in [1.165, 1.54) is 0 Å². The van der Waals surface area contributed by atoms with Gasteiger partial charge in [0.1, 0.15) is 11.4 Å². The van der Waals surface area contributed by atoms with Gasteiger partial charge in [0.15, 0.2) is 0 Å². The van der Waals surface area contributed by atoms with Crippen LogP contribution in [0, 0.1) is 6.92 Å². The molecule has 2 aromatic carbocycles. The van der Waals surface area contributed by atoms with E-state index >= 15 is 0 Å². The van der Waals surface area contributed by atoms with E-state index in [0.29, 0.717) is 31.9 Å². The van der Waals surface area contributed by atoms with Crippen LogP contribution in [-0.2, 0) is 4.74 Å². The summed E-state index contributed by atoms with van der Waals surface area (Å²) < 4.78 is 12.5. The molecule has 0 aliphatic carbocycles. The zero-order valence-corrected chi connectivity index (χ0v) is 19.1. The molecule has 1 saturated heterocycles. The van der Waals surface area contributed by atoms with Gasteiger partial charge in [0, 0.05) is 36.6 Å². The molecule has 1 aromatic heterocycles. The quantitative estimate of drug-likeness (QED) is 0.557. The second-order valence-corrected chi connectivity index (χ2v) is 7.05. The number of carbonyl (C=O) groups is 1. The van der Waals surface area contributed by atoms with Gasteiger partial charge in [-0.05, 0) is 42.8 Å². The maximum absolute atomic E-state index is 12.6. The summed E-state index contributed by atoms with van der Waals surface area (Å²) in [4.78, 5) is 19.1. The van der Waals surface area contributed by atoms with Crippen molar-refractivity contribution < 1.29 is 14.3 Å². The highest BCUT2D eigenvalue weighted by Crippen LogP contribution is 2.23. The molecule has 1 aliphatic heterocycles. The molecule has 4 rings (SSSR count). The normalized spacial score (nSPS) is 13.6. The molecule has 168 valence electrons. The lowest BCUT2D eigenvalue weighted by atomic mass is 10.1. The molecule has 3 aromatic rings.